The van der Waals surface area contributed by atoms with Crippen LogP contribution in [0.3, 0.4) is 0 Å². The first-order valence-corrected chi connectivity index (χ1v) is 4.64. The number of ether oxygens (including phenoxy) is 1. The highest BCUT2D eigenvalue weighted by molar-refractivity contribution is 4.85. The van der Waals surface area contributed by atoms with Crippen molar-refractivity contribution in [2.75, 3.05) is 13.2 Å². The lowest BCUT2D eigenvalue weighted by Gasteiger charge is -2.41. The Morgan fingerprint density at radius 2 is 2.09 bits per heavy atom. The Labute approximate surface area is 67.6 Å². The molecule has 2 heteroatoms. The summed E-state index contributed by atoms with van der Waals surface area (Å²) < 4.78 is 5.38. The van der Waals surface area contributed by atoms with Crippen LogP contribution in [0.2, 0.25) is 0 Å². The molecule has 0 radical (unpaired) electrons. The van der Waals surface area contributed by atoms with Gasteiger partial charge in [0, 0.05) is 19.1 Å². The predicted molar refractivity (Wildman–Crippen MR) is 42.3 cm³/mol. The molecule has 0 aromatic rings. The average molecular weight is 156 g/mol. The number of rotatable bonds is 3. The minimum atomic E-state index is 0.329. The molecular weight excluding hydrogens is 140 g/mol. The first-order chi connectivity index (χ1) is 5.42. The van der Waals surface area contributed by atoms with E-state index in [0.29, 0.717) is 18.6 Å². The highest BCUT2D eigenvalue weighted by atomic mass is 16.5. The third-order valence-corrected chi connectivity index (χ3v) is 3.18. The molecule has 2 atom stereocenters. The standard InChI is InChI=1S/C9H16O2/c10-6-8(7-2-1-3-7)9-4-5-11-9/h7-10H,1-6H2. The van der Waals surface area contributed by atoms with Crippen LogP contribution in [0.25, 0.3) is 0 Å². The first kappa shape index (κ1) is 7.56. The molecule has 2 fully saturated rings. The van der Waals surface area contributed by atoms with Crippen molar-refractivity contribution in [3.63, 3.8) is 0 Å². The second-order valence-corrected chi connectivity index (χ2v) is 3.74. The molecule has 0 amide bonds. The van der Waals surface area contributed by atoms with Gasteiger partial charge in [0.2, 0.25) is 0 Å². The Balaban J connectivity index is 1.83. The molecule has 2 rings (SSSR count). The molecule has 0 aromatic heterocycles. The zero-order chi connectivity index (χ0) is 7.68. The first-order valence-electron chi connectivity index (χ1n) is 4.64. The molecule has 11 heavy (non-hydrogen) atoms. The Morgan fingerprint density at radius 1 is 1.36 bits per heavy atom. The van der Waals surface area contributed by atoms with Gasteiger partial charge >= 0.3 is 0 Å². The quantitative estimate of drug-likeness (QED) is 0.665. The van der Waals surface area contributed by atoms with Gasteiger partial charge in [0.05, 0.1) is 6.10 Å². The van der Waals surface area contributed by atoms with Crippen molar-refractivity contribution in [2.45, 2.75) is 31.8 Å². The van der Waals surface area contributed by atoms with Crippen molar-refractivity contribution in [1.82, 2.24) is 0 Å². The highest BCUT2D eigenvalue weighted by Gasteiger charge is 2.36. The van der Waals surface area contributed by atoms with Crippen LogP contribution in [0, 0.1) is 11.8 Å². The van der Waals surface area contributed by atoms with Gasteiger partial charge < -0.3 is 9.84 Å². The maximum absolute atomic E-state index is 9.12. The van der Waals surface area contributed by atoms with E-state index in [0.717, 1.165) is 12.5 Å². The summed E-state index contributed by atoms with van der Waals surface area (Å²) in [6.45, 7) is 1.24. The summed E-state index contributed by atoms with van der Waals surface area (Å²) in [6, 6.07) is 0. The SMILES string of the molecule is OCC(C1CCC1)C1CCO1. The average Bonchev–Trinajstić information content (AvgIpc) is 1.78. The Kier molecular flexibility index (Phi) is 2.14. The van der Waals surface area contributed by atoms with E-state index in [9.17, 15) is 0 Å². The second kappa shape index (κ2) is 3.11. The summed E-state index contributed by atoms with van der Waals surface area (Å²) in [5, 5.41) is 9.12. The molecule has 1 heterocycles. The number of hydrogen-bond donors (Lipinski definition) is 1. The van der Waals surface area contributed by atoms with E-state index >= 15 is 0 Å². The maximum Gasteiger partial charge on any atom is 0.0649 e. The smallest absolute Gasteiger partial charge is 0.0649 e. The van der Waals surface area contributed by atoms with E-state index in [1.807, 2.05) is 0 Å². The molecule has 2 aliphatic rings. The topological polar surface area (TPSA) is 29.5 Å². The van der Waals surface area contributed by atoms with Crippen LogP contribution < -0.4 is 0 Å². The summed E-state index contributed by atoms with van der Waals surface area (Å²) in [5.74, 6) is 1.22. The number of aliphatic hydroxyl groups is 1. The van der Waals surface area contributed by atoms with Crippen LogP contribution in [0.5, 0.6) is 0 Å². The lowest BCUT2D eigenvalue weighted by atomic mass is 9.72. The Bertz CT molecular complexity index is 114. The van der Waals surface area contributed by atoms with Crippen LogP contribution in [0.15, 0.2) is 0 Å². The predicted octanol–water partition coefficient (Wildman–Crippen LogP) is 1.18. The molecule has 0 aromatic carbocycles. The van der Waals surface area contributed by atoms with Crippen molar-refractivity contribution in [3.8, 4) is 0 Å². The van der Waals surface area contributed by atoms with Gasteiger partial charge in [-0.05, 0) is 25.2 Å². The van der Waals surface area contributed by atoms with Gasteiger partial charge in [-0.3, -0.25) is 0 Å². The molecule has 1 aliphatic carbocycles. The molecule has 1 aliphatic heterocycles. The fourth-order valence-electron chi connectivity index (χ4n) is 2.03. The van der Waals surface area contributed by atoms with E-state index in [1.165, 1.54) is 25.7 Å². The third-order valence-electron chi connectivity index (χ3n) is 3.18. The summed E-state index contributed by atoms with van der Waals surface area (Å²) in [5.41, 5.74) is 0. The molecule has 2 unspecified atom stereocenters. The van der Waals surface area contributed by atoms with Crippen molar-refractivity contribution in [3.05, 3.63) is 0 Å². The van der Waals surface area contributed by atoms with E-state index < -0.39 is 0 Å². The molecule has 2 nitrogen and oxygen atoms in total. The molecule has 64 valence electrons. The largest absolute Gasteiger partial charge is 0.396 e. The molecule has 0 spiro atoms. The third kappa shape index (κ3) is 1.30. The van der Waals surface area contributed by atoms with Gasteiger partial charge in [0.15, 0.2) is 0 Å². The maximum atomic E-state index is 9.12. The fourth-order valence-corrected chi connectivity index (χ4v) is 2.03. The molecule has 1 saturated heterocycles. The number of aliphatic hydroxyl groups excluding tert-OH is 1. The Hall–Kier alpha value is -0.0800. The summed E-state index contributed by atoms with van der Waals surface area (Å²) in [7, 11) is 0. The molecule has 1 saturated carbocycles. The molecule has 0 bridgehead atoms. The summed E-state index contributed by atoms with van der Waals surface area (Å²) >= 11 is 0. The summed E-state index contributed by atoms with van der Waals surface area (Å²) in [6.07, 6.45) is 5.54. The molecule has 1 N–H and O–H groups in total. The van der Waals surface area contributed by atoms with E-state index in [2.05, 4.69) is 0 Å². The van der Waals surface area contributed by atoms with E-state index in [4.69, 9.17) is 9.84 Å². The van der Waals surface area contributed by atoms with Crippen molar-refractivity contribution >= 4 is 0 Å². The van der Waals surface area contributed by atoms with E-state index in [1.54, 1.807) is 0 Å². The monoisotopic (exact) mass is 156 g/mol. The minimum Gasteiger partial charge on any atom is -0.396 e. The lowest BCUT2D eigenvalue weighted by Crippen LogP contribution is -2.42. The van der Waals surface area contributed by atoms with Crippen LogP contribution in [-0.4, -0.2) is 24.4 Å². The van der Waals surface area contributed by atoms with Gasteiger partial charge in [-0.25, -0.2) is 0 Å². The van der Waals surface area contributed by atoms with Gasteiger partial charge in [-0.2, -0.15) is 0 Å². The lowest BCUT2D eigenvalue weighted by molar-refractivity contribution is -0.118. The van der Waals surface area contributed by atoms with Crippen LogP contribution >= 0.6 is 0 Å². The summed E-state index contributed by atoms with van der Waals surface area (Å²) in [4.78, 5) is 0. The van der Waals surface area contributed by atoms with Crippen LogP contribution in [-0.2, 0) is 4.74 Å². The zero-order valence-corrected chi connectivity index (χ0v) is 6.83. The van der Waals surface area contributed by atoms with Crippen molar-refractivity contribution in [2.24, 2.45) is 11.8 Å². The van der Waals surface area contributed by atoms with Gasteiger partial charge in [0.25, 0.3) is 0 Å². The zero-order valence-electron chi connectivity index (χ0n) is 6.83. The van der Waals surface area contributed by atoms with E-state index in [-0.39, 0.29) is 0 Å². The highest BCUT2D eigenvalue weighted by Crippen LogP contribution is 2.38. The fraction of sp³-hybridized carbons (Fsp3) is 1.00. The van der Waals surface area contributed by atoms with Crippen LogP contribution in [0.4, 0.5) is 0 Å². The minimum absolute atomic E-state index is 0.329. The Morgan fingerprint density at radius 3 is 2.36 bits per heavy atom. The normalized spacial score (nSPS) is 34.1. The second-order valence-electron chi connectivity index (χ2n) is 3.74. The van der Waals surface area contributed by atoms with Gasteiger partial charge in [0.1, 0.15) is 0 Å². The number of hydrogen-bond acceptors (Lipinski definition) is 2. The van der Waals surface area contributed by atoms with Crippen molar-refractivity contribution < 1.29 is 9.84 Å². The van der Waals surface area contributed by atoms with Gasteiger partial charge in [-0.15, -0.1) is 0 Å². The van der Waals surface area contributed by atoms with Crippen LogP contribution in [0.1, 0.15) is 25.7 Å². The van der Waals surface area contributed by atoms with Crippen molar-refractivity contribution in [1.29, 1.82) is 0 Å². The van der Waals surface area contributed by atoms with Gasteiger partial charge in [-0.1, -0.05) is 6.42 Å². The molecular formula is C9H16O2.